The van der Waals surface area contributed by atoms with E-state index in [0.29, 0.717) is 25.3 Å². The molecule has 0 saturated carbocycles. The van der Waals surface area contributed by atoms with Crippen LogP contribution in [0, 0.1) is 0 Å². The predicted octanol–water partition coefficient (Wildman–Crippen LogP) is 3.16. The third-order valence-corrected chi connectivity index (χ3v) is 4.63. The number of carboxylic acid groups (broad SMARTS) is 1. The Hall–Kier alpha value is -2.62. The second-order valence-corrected chi connectivity index (χ2v) is 6.24. The molecule has 2 N–H and O–H groups in total. The van der Waals surface area contributed by atoms with Crippen molar-refractivity contribution in [3.8, 4) is 0 Å². The minimum atomic E-state index is -0.924. The Balaban J connectivity index is 1.46. The SMILES string of the molecule is O=C(CC1CCc2ccccc21)NCCc1ccc(C(=O)O)cc1. The minimum Gasteiger partial charge on any atom is -0.478 e. The van der Waals surface area contributed by atoms with Gasteiger partial charge in [0.05, 0.1) is 5.56 Å². The van der Waals surface area contributed by atoms with Crippen molar-refractivity contribution in [2.45, 2.75) is 31.6 Å². The summed E-state index contributed by atoms with van der Waals surface area (Å²) in [6.07, 6.45) is 3.34. The standard InChI is InChI=1S/C20H21NO3/c22-19(13-17-10-9-15-3-1-2-4-18(15)17)21-12-11-14-5-7-16(8-6-14)20(23)24/h1-8,17H,9-13H2,(H,21,22)(H,23,24). The summed E-state index contributed by atoms with van der Waals surface area (Å²) in [4.78, 5) is 23.0. The normalized spacial score (nSPS) is 15.8. The van der Waals surface area contributed by atoms with Crippen molar-refractivity contribution in [3.63, 3.8) is 0 Å². The minimum absolute atomic E-state index is 0.0823. The Bertz CT molecular complexity index is 737. The summed E-state index contributed by atoms with van der Waals surface area (Å²) in [5.41, 5.74) is 3.99. The largest absolute Gasteiger partial charge is 0.478 e. The maximum absolute atomic E-state index is 12.2. The Morgan fingerprint density at radius 1 is 1.08 bits per heavy atom. The molecule has 3 rings (SSSR count). The van der Waals surface area contributed by atoms with Gasteiger partial charge >= 0.3 is 5.97 Å². The number of carbonyl (C=O) groups excluding carboxylic acids is 1. The van der Waals surface area contributed by atoms with E-state index in [9.17, 15) is 9.59 Å². The molecular weight excluding hydrogens is 302 g/mol. The molecule has 1 aliphatic rings. The van der Waals surface area contributed by atoms with Crippen LogP contribution in [0.1, 0.15) is 45.8 Å². The van der Waals surface area contributed by atoms with Crippen LogP contribution in [0.15, 0.2) is 48.5 Å². The first-order chi connectivity index (χ1) is 11.6. The quantitative estimate of drug-likeness (QED) is 0.858. The van der Waals surface area contributed by atoms with Gasteiger partial charge in [0.1, 0.15) is 0 Å². The fourth-order valence-electron chi connectivity index (χ4n) is 3.31. The average molecular weight is 323 g/mol. The number of hydrogen-bond acceptors (Lipinski definition) is 2. The zero-order chi connectivity index (χ0) is 16.9. The lowest BCUT2D eigenvalue weighted by Gasteiger charge is -2.12. The number of nitrogens with one attached hydrogen (secondary N) is 1. The molecule has 0 radical (unpaired) electrons. The fraction of sp³-hybridized carbons (Fsp3) is 0.300. The van der Waals surface area contributed by atoms with E-state index < -0.39 is 5.97 Å². The highest BCUT2D eigenvalue weighted by molar-refractivity contribution is 5.87. The highest BCUT2D eigenvalue weighted by Crippen LogP contribution is 2.34. The van der Waals surface area contributed by atoms with Gasteiger partial charge in [0.15, 0.2) is 0 Å². The molecule has 1 amide bonds. The molecule has 2 aromatic rings. The molecule has 24 heavy (non-hydrogen) atoms. The van der Waals surface area contributed by atoms with E-state index >= 15 is 0 Å². The van der Waals surface area contributed by atoms with Crippen LogP contribution in [0.3, 0.4) is 0 Å². The van der Waals surface area contributed by atoms with E-state index in [2.05, 4.69) is 23.5 Å². The van der Waals surface area contributed by atoms with E-state index in [1.807, 2.05) is 6.07 Å². The monoisotopic (exact) mass is 323 g/mol. The number of rotatable bonds is 6. The van der Waals surface area contributed by atoms with Gasteiger partial charge in [-0.3, -0.25) is 4.79 Å². The van der Waals surface area contributed by atoms with Crippen molar-refractivity contribution in [1.82, 2.24) is 5.32 Å². The number of amides is 1. The fourth-order valence-corrected chi connectivity index (χ4v) is 3.31. The van der Waals surface area contributed by atoms with Crippen LogP contribution in [0.2, 0.25) is 0 Å². The van der Waals surface area contributed by atoms with E-state index in [1.165, 1.54) is 11.1 Å². The molecule has 4 heteroatoms. The molecule has 0 heterocycles. The van der Waals surface area contributed by atoms with Crippen molar-refractivity contribution in [3.05, 3.63) is 70.8 Å². The summed E-state index contributed by atoms with van der Waals surface area (Å²) in [5.74, 6) is -0.512. The molecule has 2 aromatic carbocycles. The molecule has 0 bridgehead atoms. The highest BCUT2D eigenvalue weighted by Gasteiger charge is 2.23. The second kappa shape index (κ2) is 7.30. The van der Waals surface area contributed by atoms with Gasteiger partial charge in [0, 0.05) is 13.0 Å². The molecular formula is C20H21NO3. The summed E-state index contributed by atoms with van der Waals surface area (Å²) < 4.78 is 0. The van der Waals surface area contributed by atoms with Crippen molar-refractivity contribution in [2.75, 3.05) is 6.54 Å². The molecule has 1 atom stereocenters. The van der Waals surface area contributed by atoms with Crippen molar-refractivity contribution in [1.29, 1.82) is 0 Å². The third kappa shape index (κ3) is 3.82. The maximum atomic E-state index is 12.2. The zero-order valence-electron chi connectivity index (χ0n) is 13.5. The first kappa shape index (κ1) is 16.2. The number of fused-ring (bicyclic) bond motifs is 1. The molecule has 0 saturated heterocycles. The number of aromatic carboxylic acids is 1. The van der Waals surface area contributed by atoms with Crippen LogP contribution < -0.4 is 5.32 Å². The van der Waals surface area contributed by atoms with Gasteiger partial charge in [-0.2, -0.15) is 0 Å². The van der Waals surface area contributed by atoms with Gasteiger partial charge in [-0.05, 0) is 54.0 Å². The number of benzene rings is 2. The lowest BCUT2D eigenvalue weighted by Crippen LogP contribution is -2.26. The van der Waals surface area contributed by atoms with Crippen molar-refractivity contribution in [2.24, 2.45) is 0 Å². The van der Waals surface area contributed by atoms with Gasteiger partial charge in [0.2, 0.25) is 5.91 Å². The van der Waals surface area contributed by atoms with E-state index in [1.54, 1.807) is 24.3 Å². The molecule has 1 unspecified atom stereocenters. The molecule has 0 fully saturated rings. The second-order valence-electron chi connectivity index (χ2n) is 6.24. The van der Waals surface area contributed by atoms with Gasteiger partial charge in [-0.25, -0.2) is 4.79 Å². The van der Waals surface area contributed by atoms with Crippen LogP contribution in [0.4, 0.5) is 0 Å². The van der Waals surface area contributed by atoms with Gasteiger partial charge < -0.3 is 10.4 Å². The lowest BCUT2D eigenvalue weighted by atomic mass is 9.97. The van der Waals surface area contributed by atoms with E-state index in [0.717, 1.165) is 18.4 Å². The highest BCUT2D eigenvalue weighted by atomic mass is 16.4. The molecule has 124 valence electrons. The number of carbonyl (C=O) groups is 2. The number of aryl methyl sites for hydroxylation is 1. The van der Waals surface area contributed by atoms with Gasteiger partial charge in [-0.15, -0.1) is 0 Å². The summed E-state index contributed by atoms with van der Waals surface area (Å²) in [5, 5.41) is 11.8. The molecule has 0 spiro atoms. The Morgan fingerprint density at radius 2 is 1.83 bits per heavy atom. The first-order valence-corrected chi connectivity index (χ1v) is 8.30. The topological polar surface area (TPSA) is 66.4 Å². The Morgan fingerprint density at radius 3 is 2.58 bits per heavy atom. The summed E-state index contributed by atoms with van der Waals surface area (Å²) in [6, 6.07) is 15.1. The zero-order valence-corrected chi connectivity index (χ0v) is 13.5. The molecule has 4 nitrogen and oxygen atoms in total. The van der Waals surface area contributed by atoms with E-state index in [-0.39, 0.29) is 11.5 Å². The first-order valence-electron chi connectivity index (χ1n) is 8.30. The van der Waals surface area contributed by atoms with Gasteiger partial charge in [0.25, 0.3) is 0 Å². The van der Waals surface area contributed by atoms with Crippen LogP contribution in [0.5, 0.6) is 0 Å². The summed E-state index contributed by atoms with van der Waals surface area (Å²) in [6.45, 7) is 0.569. The Kier molecular flexibility index (Phi) is 4.94. The number of carboxylic acids is 1. The third-order valence-electron chi connectivity index (χ3n) is 4.63. The summed E-state index contributed by atoms with van der Waals surface area (Å²) >= 11 is 0. The van der Waals surface area contributed by atoms with Crippen molar-refractivity contribution >= 4 is 11.9 Å². The molecule has 0 aliphatic heterocycles. The summed E-state index contributed by atoms with van der Waals surface area (Å²) in [7, 11) is 0. The number of hydrogen-bond donors (Lipinski definition) is 2. The lowest BCUT2D eigenvalue weighted by molar-refractivity contribution is -0.121. The van der Waals surface area contributed by atoms with Crippen molar-refractivity contribution < 1.29 is 14.7 Å². The van der Waals surface area contributed by atoms with Gasteiger partial charge in [-0.1, -0.05) is 36.4 Å². The Labute approximate surface area is 141 Å². The van der Waals surface area contributed by atoms with Crippen LogP contribution in [0.25, 0.3) is 0 Å². The van der Waals surface area contributed by atoms with Crippen LogP contribution in [-0.2, 0) is 17.6 Å². The molecule has 0 aromatic heterocycles. The maximum Gasteiger partial charge on any atom is 0.335 e. The molecule has 1 aliphatic carbocycles. The van der Waals surface area contributed by atoms with Crippen LogP contribution >= 0.6 is 0 Å². The van der Waals surface area contributed by atoms with Crippen LogP contribution in [-0.4, -0.2) is 23.5 Å². The predicted molar refractivity (Wildman–Crippen MR) is 92.2 cm³/mol. The van der Waals surface area contributed by atoms with E-state index in [4.69, 9.17) is 5.11 Å². The smallest absolute Gasteiger partial charge is 0.335 e. The average Bonchev–Trinajstić information content (AvgIpc) is 2.98.